The van der Waals surface area contributed by atoms with Crippen molar-refractivity contribution in [2.24, 2.45) is 7.05 Å². The van der Waals surface area contributed by atoms with Gasteiger partial charge in [-0.1, -0.05) is 0 Å². The van der Waals surface area contributed by atoms with E-state index in [1.807, 2.05) is 0 Å². The SMILES string of the molecule is CNS(=O)(=O)c1ccc(Nc2cc(F)cc(P)c2)c(-c2nnnn2C)c1. The van der Waals surface area contributed by atoms with Crippen LogP contribution in [0.15, 0.2) is 41.3 Å². The van der Waals surface area contributed by atoms with Gasteiger partial charge in [-0.15, -0.1) is 14.3 Å². The van der Waals surface area contributed by atoms with Gasteiger partial charge in [0.1, 0.15) is 5.82 Å². The largest absolute Gasteiger partial charge is 0.355 e. The molecule has 3 rings (SSSR count). The lowest BCUT2D eigenvalue weighted by Crippen LogP contribution is -2.18. The molecule has 8 nitrogen and oxygen atoms in total. The third-order valence-corrected chi connectivity index (χ3v) is 5.38. The van der Waals surface area contributed by atoms with Gasteiger partial charge in [0.2, 0.25) is 10.0 Å². The van der Waals surface area contributed by atoms with Crippen LogP contribution < -0.4 is 15.3 Å². The number of benzene rings is 2. The van der Waals surface area contributed by atoms with Gasteiger partial charge in [0.05, 0.1) is 4.90 Å². The number of tetrazole rings is 1. The van der Waals surface area contributed by atoms with Gasteiger partial charge in [-0.05, 0) is 59.2 Å². The smallest absolute Gasteiger partial charge is 0.240 e. The van der Waals surface area contributed by atoms with Crippen LogP contribution >= 0.6 is 9.24 Å². The van der Waals surface area contributed by atoms with Gasteiger partial charge in [-0.3, -0.25) is 0 Å². The van der Waals surface area contributed by atoms with Crippen LogP contribution in [0.2, 0.25) is 0 Å². The first kappa shape index (κ1) is 18.4. The summed E-state index contributed by atoms with van der Waals surface area (Å²) in [6.45, 7) is 0. The summed E-state index contributed by atoms with van der Waals surface area (Å²) in [5.41, 5.74) is 1.51. The first-order chi connectivity index (χ1) is 12.3. The van der Waals surface area contributed by atoms with Crippen LogP contribution in [0.25, 0.3) is 11.4 Å². The van der Waals surface area contributed by atoms with Crippen molar-refractivity contribution in [1.82, 2.24) is 24.9 Å². The van der Waals surface area contributed by atoms with Crippen molar-refractivity contribution in [2.75, 3.05) is 12.4 Å². The number of sulfonamides is 1. The maximum Gasteiger partial charge on any atom is 0.240 e. The van der Waals surface area contributed by atoms with Crippen molar-refractivity contribution < 1.29 is 12.8 Å². The molecular weight excluding hydrogens is 378 g/mol. The van der Waals surface area contributed by atoms with Crippen molar-refractivity contribution in [2.45, 2.75) is 4.90 Å². The third kappa shape index (κ3) is 3.72. The van der Waals surface area contributed by atoms with E-state index in [2.05, 4.69) is 34.8 Å². The third-order valence-electron chi connectivity index (χ3n) is 3.63. The predicted molar refractivity (Wildman–Crippen MR) is 99.5 cm³/mol. The summed E-state index contributed by atoms with van der Waals surface area (Å²) in [5, 5.41) is 15.1. The summed E-state index contributed by atoms with van der Waals surface area (Å²) in [7, 11) is 1.75. The Morgan fingerprint density at radius 1 is 1.19 bits per heavy atom. The van der Waals surface area contributed by atoms with Gasteiger partial charge in [-0.25, -0.2) is 22.2 Å². The highest BCUT2D eigenvalue weighted by molar-refractivity contribution is 7.89. The van der Waals surface area contributed by atoms with Crippen LogP contribution in [0.1, 0.15) is 0 Å². The second-order valence-corrected chi connectivity index (χ2v) is 7.99. The number of rotatable bonds is 5. The number of nitrogens with zero attached hydrogens (tertiary/aromatic N) is 4. The first-order valence-electron chi connectivity index (χ1n) is 7.43. The number of hydrogen-bond acceptors (Lipinski definition) is 6. The lowest BCUT2D eigenvalue weighted by Gasteiger charge is -2.14. The molecule has 0 aliphatic carbocycles. The Kier molecular flexibility index (Phi) is 4.99. The fraction of sp³-hybridized carbons (Fsp3) is 0.133. The van der Waals surface area contributed by atoms with E-state index < -0.39 is 15.8 Å². The summed E-state index contributed by atoms with van der Waals surface area (Å²) in [4.78, 5) is 0.0644. The number of hydrogen-bond donors (Lipinski definition) is 2. The molecule has 0 fully saturated rings. The highest BCUT2D eigenvalue weighted by atomic mass is 32.2. The minimum atomic E-state index is -3.65. The zero-order chi connectivity index (χ0) is 18.9. The van der Waals surface area contributed by atoms with Crippen LogP contribution in [-0.2, 0) is 17.1 Å². The Hall–Kier alpha value is -2.42. The Morgan fingerprint density at radius 3 is 2.58 bits per heavy atom. The normalized spacial score (nSPS) is 11.5. The number of anilines is 2. The second-order valence-electron chi connectivity index (χ2n) is 5.44. The monoisotopic (exact) mass is 394 g/mol. The second kappa shape index (κ2) is 7.06. The average molecular weight is 394 g/mol. The quantitative estimate of drug-likeness (QED) is 0.630. The Labute approximate surface area is 152 Å². The molecule has 0 aliphatic rings. The number of halogens is 1. The summed E-state index contributed by atoms with van der Waals surface area (Å²) in [5.74, 6) is -0.0283. The Balaban J connectivity index is 2.14. The molecule has 11 heteroatoms. The molecule has 2 N–H and O–H groups in total. The molecule has 0 radical (unpaired) electrons. The van der Waals surface area contributed by atoms with Gasteiger partial charge in [0.15, 0.2) is 5.82 Å². The van der Waals surface area contributed by atoms with Crippen LogP contribution in [0.3, 0.4) is 0 Å². The molecule has 0 aliphatic heterocycles. The lowest BCUT2D eigenvalue weighted by molar-refractivity contribution is 0.588. The molecule has 0 saturated carbocycles. The highest BCUT2D eigenvalue weighted by Gasteiger charge is 2.18. The average Bonchev–Trinajstić information content (AvgIpc) is 3.00. The van der Waals surface area contributed by atoms with E-state index in [-0.39, 0.29) is 4.90 Å². The molecule has 0 spiro atoms. The molecule has 1 aromatic heterocycles. The first-order valence-corrected chi connectivity index (χ1v) is 9.49. The number of aryl methyl sites for hydroxylation is 1. The van der Waals surface area contributed by atoms with Crippen molar-refractivity contribution in [3.05, 3.63) is 42.2 Å². The molecule has 0 saturated heterocycles. The summed E-state index contributed by atoms with van der Waals surface area (Å²) >= 11 is 0. The molecule has 1 unspecified atom stereocenters. The van der Waals surface area contributed by atoms with E-state index in [1.165, 1.54) is 36.0 Å². The zero-order valence-corrected chi connectivity index (χ0v) is 15.9. The van der Waals surface area contributed by atoms with Crippen LogP contribution in [0.4, 0.5) is 15.8 Å². The van der Waals surface area contributed by atoms with Crippen molar-refractivity contribution in [3.63, 3.8) is 0 Å². The van der Waals surface area contributed by atoms with E-state index in [0.29, 0.717) is 28.1 Å². The molecular formula is C15H16FN6O2PS. The fourth-order valence-electron chi connectivity index (χ4n) is 2.40. The molecule has 1 atom stereocenters. The molecule has 2 aromatic carbocycles. The molecule has 0 amide bonds. The summed E-state index contributed by atoms with van der Waals surface area (Å²) in [6.07, 6.45) is 0. The summed E-state index contributed by atoms with van der Waals surface area (Å²) in [6, 6.07) is 8.95. The van der Waals surface area contributed by atoms with Gasteiger partial charge in [-0.2, -0.15) is 0 Å². The fourth-order valence-corrected chi connectivity index (χ4v) is 3.49. The standard InChI is InChI=1S/C15H16FN6O2PS/c1-17-26(23,24)12-3-4-14(13(8-12)15-19-20-21-22(15)2)18-10-5-9(16)6-11(25)7-10/h3-8,17-18H,25H2,1-2H3. The molecule has 3 aromatic rings. The van der Waals surface area contributed by atoms with Gasteiger partial charge in [0, 0.05) is 24.0 Å². The van der Waals surface area contributed by atoms with Gasteiger partial charge in [0.25, 0.3) is 0 Å². The molecule has 1 heterocycles. The number of nitrogens with one attached hydrogen (secondary N) is 2. The maximum absolute atomic E-state index is 13.7. The van der Waals surface area contributed by atoms with E-state index in [9.17, 15) is 12.8 Å². The predicted octanol–water partition coefficient (Wildman–Crippen LogP) is 1.17. The van der Waals surface area contributed by atoms with E-state index in [0.717, 1.165) is 0 Å². The Bertz CT molecular complexity index is 1050. The molecule has 136 valence electrons. The molecule has 0 bridgehead atoms. The Morgan fingerprint density at radius 2 is 1.96 bits per heavy atom. The van der Waals surface area contributed by atoms with Crippen molar-refractivity contribution >= 4 is 35.9 Å². The maximum atomic E-state index is 13.7. The summed E-state index contributed by atoms with van der Waals surface area (Å²) < 4.78 is 41.6. The van der Waals surface area contributed by atoms with Crippen LogP contribution in [-0.4, -0.2) is 35.7 Å². The van der Waals surface area contributed by atoms with Gasteiger partial charge < -0.3 is 5.32 Å². The van der Waals surface area contributed by atoms with E-state index >= 15 is 0 Å². The van der Waals surface area contributed by atoms with E-state index in [4.69, 9.17) is 0 Å². The van der Waals surface area contributed by atoms with Gasteiger partial charge >= 0.3 is 0 Å². The topological polar surface area (TPSA) is 102 Å². The molecule has 26 heavy (non-hydrogen) atoms. The highest BCUT2D eigenvalue weighted by Crippen LogP contribution is 2.31. The van der Waals surface area contributed by atoms with Crippen LogP contribution in [0.5, 0.6) is 0 Å². The minimum Gasteiger partial charge on any atom is -0.355 e. The number of aromatic nitrogens is 4. The van der Waals surface area contributed by atoms with Crippen molar-refractivity contribution in [3.8, 4) is 11.4 Å². The zero-order valence-electron chi connectivity index (χ0n) is 13.9. The lowest BCUT2D eigenvalue weighted by atomic mass is 10.1. The minimum absolute atomic E-state index is 0.0644. The van der Waals surface area contributed by atoms with E-state index in [1.54, 1.807) is 19.2 Å². The van der Waals surface area contributed by atoms with Crippen LogP contribution in [0, 0.1) is 5.82 Å². The van der Waals surface area contributed by atoms with Crippen molar-refractivity contribution in [1.29, 1.82) is 0 Å².